The van der Waals surface area contributed by atoms with E-state index in [2.05, 4.69) is 25.7 Å². The number of amides is 1. The summed E-state index contributed by atoms with van der Waals surface area (Å²) in [6.07, 6.45) is 0.579. The van der Waals surface area contributed by atoms with Gasteiger partial charge in [0, 0.05) is 11.1 Å². The molecule has 4 aromatic rings. The highest BCUT2D eigenvalue weighted by atomic mass is 32.2. The second-order valence-electron chi connectivity index (χ2n) is 7.38. The van der Waals surface area contributed by atoms with Gasteiger partial charge in [-0.2, -0.15) is 0 Å². The van der Waals surface area contributed by atoms with E-state index in [0.717, 1.165) is 27.6 Å². The van der Waals surface area contributed by atoms with Crippen LogP contribution in [0.5, 0.6) is 11.5 Å². The lowest BCUT2D eigenvalue weighted by Crippen LogP contribution is -2.25. The number of carbonyl (C=O) groups is 1. The number of ether oxygens (including phenoxy) is 2. The van der Waals surface area contributed by atoms with Gasteiger partial charge in [0.25, 0.3) is 0 Å². The van der Waals surface area contributed by atoms with E-state index in [9.17, 15) is 4.79 Å². The maximum Gasteiger partial charge on any atom is 0.239 e. The van der Waals surface area contributed by atoms with Crippen molar-refractivity contribution in [3.63, 3.8) is 0 Å². The van der Waals surface area contributed by atoms with Crippen molar-refractivity contribution in [2.45, 2.75) is 30.7 Å². The van der Waals surface area contributed by atoms with E-state index in [0.29, 0.717) is 28.1 Å². The number of thioether (sulfide) groups is 1. The second-order valence-corrected chi connectivity index (χ2v) is 9.73. The van der Waals surface area contributed by atoms with Crippen LogP contribution in [-0.4, -0.2) is 50.8 Å². The summed E-state index contributed by atoms with van der Waals surface area (Å²) in [5, 5.41) is 20.8. The van der Waals surface area contributed by atoms with Crippen LogP contribution in [0.3, 0.4) is 0 Å². The summed E-state index contributed by atoms with van der Waals surface area (Å²) in [5.74, 6) is 1.31. The molecule has 0 aliphatic carbocycles. The first-order valence-corrected chi connectivity index (χ1v) is 12.5. The van der Waals surface area contributed by atoms with Crippen molar-refractivity contribution in [1.82, 2.24) is 25.4 Å². The average Bonchev–Trinajstić information content (AvgIpc) is 3.31. The van der Waals surface area contributed by atoms with Crippen LogP contribution in [0, 0.1) is 6.92 Å². The van der Waals surface area contributed by atoms with Crippen LogP contribution >= 0.6 is 23.1 Å². The van der Waals surface area contributed by atoms with Crippen LogP contribution in [0.15, 0.2) is 53.7 Å². The number of methoxy groups -OCH3 is 2. The summed E-state index contributed by atoms with van der Waals surface area (Å²) in [4.78, 5) is 17.6. The number of carbonyl (C=O) groups excluding carboxylic acids is 1. The Bertz CT molecular complexity index is 1300. The quantitative estimate of drug-likeness (QED) is 0.316. The Morgan fingerprint density at radius 1 is 0.914 bits per heavy atom. The molecule has 0 radical (unpaired) electrons. The third kappa shape index (κ3) is 5.92. The molecule has 180 valence electrons. The van der Waals surface area contributed by atoms with Crippen LogP contribution < -0.4 is 14.8 Å². The molecular weight excluding hydrogens is 484 g/mol. The summed E-state index contributed by atoms with van der Waals surface area (Å²) in [6, 6.07) is 15.1. The number of nitrogens with zero attached hydrogens (tertiary/aromatic N) is 5. The minimum atomic E-state index is -0.420. The van der Waals surface area contributed by atoms with Crippen LogP contribution in [0.4, 0.5) is 5.13 Å². The standard InChI is InChI=1S/C24H24N6O3S2/c1-5-19(22(31)26-24-29-27-14(2)34-24)35-23-25-20(15-6-10-17(32-3)11-7-15)21(28-30-23)16-8-12-18(33-4)13-9-16/h6-13,19H,5H2,1-4H3,(H,26,29,31). The van der Waals surface area contributed by atoms with Crippen LogP contribution in [0.1, 0.15) is 18.4 Å². The number of aromatic nitrogens is 5. The van der Waals surface area contributed by atoms with E-state index in [1.54, 1.807) is 14.2 Å². The molecule has 1 amide bonds. The summed E-state index contributed by atoms with van der Waals surface area (Å²) in [7, 11) is 3.25. The molecule has 0 bridgehead atoms. The number of aryl methyl sites for hydroxylation is 1. The normalized spacial score (nSPS) is 11.7. The fraction of sp³-hybridized carbons (Fsp3) is 0.250. The minimum Gasteiger partial charge on any atom is -0.497 e. The molecule has 0 aliphatic rings. The number of benzene rings is 2. The largest absolute Gasteiger partial charge is 0.497 e. The lowest BCUT2D eigenvalue weighted by molar-refractivity contribution is -0.115. The average molecular weight is 509 g/mol. The van der Waals surface area contributed by atoms with E-state index < -0.39 is 5.25 Å². The van der Waals surface area contributed by atoms with E-state index >= 15 is 0 Å². The molecule has 9 nitrogen and oxygen atoms in total. The van der Waals surface area contributed by atoms with Gasteiger partial charge in [-0.15, -0.1) is 20.4 Å². The zero-order valence-corrected chi connectivity index (χ0v) is 21.3. The van der Waals surface area contributed by atoms with Gasteiger partial charge in [-0.05, 0) is 61.9 Å². The Balaban J connectivity index is 1.66. The molecule has 11 heteroatoms. The van der Waals surface area contributed by atoms with Gasteiger partial charge in [-0.3, -0.25) is 10.1 Å². The fourth-order valence-corrected chi connectivity index (χ4v) is 4.65. The Hall–Kier alpha value is -3.57. The number of hydrogen-bond donors (Lipinski definition) is 1. The predicted octanol–water partition coefficient (Wildman–Crippen LogP) is 4.89. The van der Waals surface area contributed by atoms with Crippen molar-refractivity contribution in [1.29, 1.82) is 0 Å². The molecule has 0 fully saturated rings. The maximum atomic E-state index is 12.8. The second kappa shape index (κ2) is 11.2. The fourth-order valence-electron chi connectivity index (χ4n) is 3.24. The summed E-state index contributed by atoms with van der Waals surface area (Å²) in [6.45, 7) is 3.77. The number of nitrogens with one attached hydrogen (secondary N) is 1. The molecule has 2 aromatic heterocycles. The molecule has 2 aromatic carbocycles. The highest BCUT2D eigenvalue weighted by molar-refractivity contribution is 8.00. The van der Waals surface area contributed by atoms with E-state index in [-0.39, 0.29) is 5.91 Å². The first-order valence-electron chi connectivity index (χ1n) is 10.8. The number of rotatable bonds is 9. The summed E-state index contributed by atoms with van der Waals surface area (Å²) < 4.78 is 10.6. The molecular formula is C24H24N6O3S2. The topological polar surface area (TPSA) is 112 Å². The number of anilines is 1. The van der Waals surface area contributed by atoms with Crippen molar-refractivity contribution in [2.24, 2.45) is 0 Å². The van der Waals surface area contributed by atoms with Gasteiger partial charge in [-0.1, -0.05) is 30.0 Å². The van der Waals surface area contributed by atoms with E-state index in [1.165, 1.54) is 23.1 Å². The van der Waals surface area contributed by atoms with Crippen molar-refractivity contribution in [3.8, 4) is 34.0 Å². The van der Waals surface area contributed by atoms with Crippen molar-refractivity contribution < 1.29 is 14.3 Å². The smallest absolute Gasteiger partial charge is 0.239 e. The first-order chi connectivity index (χ1) is 17.0. The third-order valence-electron chi connectivity index (χ3n) is 5.06. The number of hydrogen-bond acceptors (Lipinski definition) is 10. The molecule has 0 aliphatic heterocycles. The van der Waals surface area contributed by atoms with E-state index in [1.807, 2.05) is 62.4 Å². The molecule has 2 heterocycles. The van der Waals surface area contributed by atoms with Gasteiger partial charge < -0.3 is 9.47 Å². The lowest BCUT2D eigenvalue weighted by Gasteiger charge is -2.14. The van der Waals surface area contributed by atoms with E-state index in [4.69, 9.17) is 14.5 Å². The lowest BCUT2D eigenvalue weighted by atomic mass is 10.0. The predicted molar refractivity (Wildman–Crippen MR) is 137 cm³/mol. The third-order valence-corrected chi connectivity index (χ3v) is 7.03. The zero-order chi connectivity index (χ0) is 24.8. The highest BCUT2D eigenvalue weighted by Crippen LogP contribution is 2.33. The maximum absolute atomic E-state index is 12.8. The van der Waals surface area contributed by atoms with Crippen LogP contribution in [0.2, 0.25) is 0 Å². The molecule has 0 spiro atoms. The molecule has 0 saturated carbocycles. The van der Waals surface area contributed by atoms with Gasteiger partial charge in [0.2, 0.25) is 16.2 Å². The molecule has 1 N–H and O–H groups in total. The molecule has 35 heavy (non-hydrogen) atoms. The Morgan fingerprint density at radius 2 is 1.51 bits per heavy atom. The van der Waals surface area contributed by atoms with Crippen LogP contribution in [0.25, 0.3) is 22.5 Å². The van der Waals surface area contributed by atoms with Crippen molar-refractivity contribution >= 4 is 34.1 Å². The minimum absolute atomic E-state index is 0.178. The van der Waals surface area contributed by atoms with Crippen LogP contribution in [-0.2, 0) is 4.79 Å². The highest BCUT2D eigenvalue weighted by Gasteiger charge is 2.23. The van der Waals surface area contributed by atoms with Crippen molar-refractivity contribution in [2.75, 3.05) is 19.5 Å². The summed E-state index contributed by atoms with van der Waals surface area (Å²) >= 11 is 2.59. The van der Waals surface area contributed by atoms with Gasteiger partial charge in [0.05, 0.1) is 19.5 Å². The molecule has 0 saturated heterocycles. The SMILES string of the molecule is CCC(Sc1nnc(-c2ccc(OC)cc2)c(-c2ccc(OC)cc2)n1)C(=O)Nc1nnc(C)s1. The molecule has 1 atom stereocenters. The monoisotopic (exact) mass is 508 g/mol. The Labute approximate surface area is 211 Å². The first kappa shape index (κ1) is 24.6. The van der Waals surface area contributed by atoms with Gasteiger partial charge in [0.1, 0.15) is 27.9 Å². The zero-order valence-electron chi connectivity index (χ0n) is 19.7. The van der Waals surface area contributed by atoms with Gasteiger partial charge in [0.15, 0.2) is 0 Å². The Kier molecular flexibility index (Phi) is 7.88. The van der Waals surface area contributed by atoms with Gasteiger partial charge in [-0.25, -0.2) is 4.98 Å². The summed E-state index contributed by atoms with van der Waals surface area (Å²) in [5.41, 5.74) is 2.99. The Morgan fingerprint density at radius 3 is 2.03 bits per heavy atom. The molecule has 4 rings (SSSR count). The van der Waals surface area contributed by atoms with Gasteiger partial charge >= 0.3 is 0 Å². The van der Waals surface area contributed by atoms with Crippen molar-refractivity contribution in [3.05, 3.63) is 53.5 Å². The molecule has 1 unspecified atom stereocenters.